The predicted octanol–water partition coefficient (Wildman–Crippen LogP) is 3.58. The quantitative estimate of drug-likeness (QED) is 0.600. The normalized spacial score (nSPS) is 10.6. The fraction of sp³-hybridized carbons (Fsp3) is 0.118. The fourth-order valence-corrected chi connectivity index (χ4v) is 3.33. The first-order valence-corrected chi connectivity index (χ1v) is 8.63. The summed E-state index contributed by atoms with van der Waals surface area (Å²) in [7, 11) is 0. The van der Waals surface area contributed by atoms with Gasteiger partial charge in [-0.1, -0.05) is 17.7 Å². The van der Waals surface area contributed by atoms with Crippen LogP contribution in [0, 0.1) is 3.57 Å². The molecule has 1 amide bonds. The molecule has 0 spiro atoms. The van der Waals surface area contributed by atoms with Crippen molar-refractivity contribution in [3.8, 4) is 5.75 Å². The molecule has 24 heavy (non-hydrogen) atoms. The number of carbonyl (C=O) groups is 1. The third kappa shape index (κ3) is 3.93. The average Bonchev–Trinajstić information content (AvgIpc) is 2.60. The van der Waals surface area contributed by atoms with Gasteiger partial charge in [0.2, 0.25) is 0 Å². The number of fused-ring (bicyclic) bond motifs is 1. The molecule has 0 fully saturated rings. The summed E-state index contributed by atoms with van der Waals surface area (Å²) in [4.78, 5) is 20.5. The van der Waals surface area contributed by atoms with Crippen LogP contribution in [-0.2, 0) is 11.3 Å². The van der Waals surface area contributed by atoms with Crippen LogP contribution in [0.5, 0.6) is 5.75 Å². The van der Waals surface area contributed by atoms with Crippen molar-refractivity contribution in [3.05, 3.63) is 63.1 Å². The summed E-state index contributed by atoms with van der Waals surface area (Å²) in [6, 6.07) is 11.0. The van der Waals surface area contributed by atoms with Crippen LogP contribution < -0.4 is 10.1 Å². The summed E-state index contributed by atoms with van der Waals surface area (Å²) >= 11 is 8.35. The molecular formula is C17H13ClIN3O2. The summed E-state index contributed by atoms with van der Waals surface area (Å²) in [5, 5.41) is 4.17. The Morgan fingerprint density at radius 3 is 2.83 bits per heavy atom. The Morgan fingerprint density at radius 2 is 2.04 bits per heavy atom. The Labute approximate surface area is 157 Å². The molecule has 0 aliphatic heterocycles. The van der Waals surface area contributed by atoms with Gasteiger partial charge in [0.25, 0.3) is 5.91 Å². The minimum atomic E-state index is -0.226. The lowest BCUT2D eigenvalue weighted by Gasteiger charge is -2.12. The maximum atomic E-state index is 12.0. The van der Waals surface area contributed by atoms with Crippen molar-refractivity contribution in [2.24, 2.45) is 0 Å². The zero-order chi connectivity index (χ0) is 16.9. The highest BCUT2D eigenvalue weighted by Gasteiger charge is 2.13. The number of benzene rings is 1. The molecule has 1 aromatic carbocycles. The van der Waals surface area contributed by atoms with E-state index in [2.05, 4.69) is 37.9 Å². The van der Waals surface area contributed by atoms with Gasteiger partial charge in [-0.2, -0.15) is 0 Å². The lowest BCUT2D eigenvalue weighted by Crippen LogP contribution is -2.28. The molecule has 0 saturated carbocycles. The second-order valence-corrected chi connectivity index (χ2v) is 6.52. The summed E-state index contributed by atoms with van der Waals surface area (Å²) < 4.78 is 6.50. The van der Waals surface area contributed by atoms with Crippen LogP contribution in [0.15, 0.2) is 48.8 Å². The van der Waals surface area contributed by atoms with Crippen molar-refractivity contribution in [3.63, 3.8) is 0 Å². The van der Waals surface area contributed by atoms with Crippen LogP contribution in [0.3, 0.4) is 0 Å². The first-order valence-electron chi connectivity index (χ1n) is 7.17. The molecule has 0 aliphatic rings. The standard InChI is InChI=1S/C17H13ClIN3O2/c18-13-8-14(19)17(16-12(13)5-3-7-21-16)24-10-15(23)22-9-11-4-1-2-6-20-11/h1-8H,9-10H2,(H,22,23). The number of hydrogen-bond donors (Lipinski definition) is 1. The third-order valence-corrected chi connectivity index (χ3v) is 4.40. The van der Waals surface area contributed by atoms with E-state index in [1.807, 2.05) is 30.3 Å². The molecule has 5 nitrogen and oxygen atoms in total. The zero-order valence-corrected chi connectivity index (χ0v) is 15.4. The van der Waals surface area contributed by atoms with E-state index in [1.165, 1.54) is 0 Å². The van der Waals surface area contributed by atoms with Gasteiger partial charge in [0.1, 0.15) is 5.52 Å². The van der Waals surface area contributed by atoms with Gasteiger partial charge < -0.3 is 10.1 Å². The number of halogens is 2. The van der Waals surface area contributed by atoms with Gasteiger partial charge in [0.15, 0.2) is 12.4 Å². The molecule has 0 atom stereocenters. The monoisotopic (exact) mass is 453 g/mol. The van der Waals surface area contributed by atoms with Gasteiger partial charge in [-0.05, 0) is 52.9 Å². The van der Waals surface area contributed by atoms with E-state index in [4.69, 9.17) is 16.3 Å². The predicted molar refractivity (Wildman–Crippen MR) is 101 cm³/mol. The van der Waals surface area contributed by atoms with Crippen molar-refractivity contribution in [1.29, 1.82) is 0 Å². The third-order valence-electron chi connectivity index (χ3n) is 3.29. The highest BCUT2D eigenvalue weighted by Crippen LogP contribution is 2.34. The second kappa shape index (κ2) is 7.76. The van der Waals surface area contributed by atoms with Gasteiger partial charge in [0.05, 0.1) is 20.8 Å². The maximum absolute atomic E-state index is 12.0. The lowest BCUT2D eigenvalue weighted by atomic mass is 10.2. The molecule has 0 unspecified atom stereocenters. The topological polar surface area (TPSA) is 64.1 Å². The van der Waals surface area contributed by atoms with Crippen LogP contribution in [0.25, 0.3) is 10.9 Å². The minimum absolute atomic E-state index is 0.101. The maximum Gasteiger partial charge on any atom is 0.258 e. The van der Waals surface area contributed by atoms with E-state index in [-0.39, 0.29) is 12.5 Å². The first-order chi connectivity index (χ1) is 11.6. The molecule has 0 radical (unpaired) electrons. The van der Waals surface area contributed by atoms with E-state index in [0.717, 1.165) is 14.7 Å². The highest BCUT2D eigenvalue weighted by molar-refractivity contribution is 14.1. The molecule has 3 rings (SSSR count). The molecule has 2 heterocycles. The van der Waals surface area contributed by atoms with Gasteiger partial charge in [0, 0.05) is 17.8 Å². The van der Waals surface area contributed by atoms with Crippen LogP contribution in [-0.4, -0.2) is 22.5 Å². The Balaban J connectivity index is 1.68. The largest absolute Gasteiger partial charge is 0.480 e. The van der Waals surface area contributed by atoms with Crippen molar-refractivity contribution >= 4 is 51.0 Å². The Hall–Kier alpha value is -1.93. The number of aromatic nitrogens is 2. The Kier molecular flexibility index (Phi) is 5.47. The summed E-state index contributed by atoms with van der Waals surface area (Å²) in [5.41, 5.74) is 1.44. The van der Waals surface area contributed by atoms with E-state index < -0.39 is 0 Å². The Bertz CT molecular complexity index is 874. The number of nitrogens with one attached hydrogen (secondary N) is 1. The van der Waals surface area contributed by atoms with E-state index in [0.29, 0.717) is 22.8 Å². The molecule has 1 N–H and O–H groups in total. The summed E-state index contributed by atoms with van der Waals surface area (Å²) in [6.07, 6.45) is 3.36. The van der Waals surface area contributed by atoms with Crippen LogP contribution in [0.1, 0.15) is 5.69 Å². The van der Waals surface area contributed by atoms with Crippen LogP contribution in [0.2, 0.25) is 5.02 Å². The molecule has 122 valence electrons. The highest BCUT2D eigenvalue weighted by atomic mass is 127. The van der Waals surface area contributed by atoms with E-state index in [9.17, 15) is 4.79 Å². The van der Waals surface area contributed by atoms with Gasteiger partial charge in [-0.25, -0.2) is 0 Å². The SMILES string of the molecule is O=C(COc1c(I)cc(Cl)c2cccnc12)NCc1ccccn1. The van der Waals surface area contributed by atoms with Crippen molar-refractivity contribution in [1.82, 2.24) is 15.3 Å². The molecule has 0 saturated heterocycles. The molecule has 0 bridgehead atoms. The molecule has 7 heteroatoms. The van der Waals surface area contributed by atoms with E-state index >= 15 is 0 Å². The van der Waals surface area contributed by atoms with Crippen molar-refractivity contribution in [2.75, 3.05) is 6.61 Å². The van der Waals surface area contributed by atoms with Crippen molar-refractivity contribution in [2.45, 2.75) is 6.54 Å². The first kappa shape index (κ1) is 16.9. The van der Waals surface area contributed by atoms with Gasteiger partial charge >= 0.3 is 0 Å². The fourth-order valence-electron chi connectivity index (χ4n) is 2.16. The minimum Gasteiger partial charge on any atom is -0.480 e. The second-order valence-electron chi connectivity index (χ2n) is 4.96. The molecule has 2 aromatic heterocycles. The number of nitrogens with zero attached hydrogens (tertiary/aromatic N) is 2. The number of amides is 1. The number of pyridine rings is 2. The Morgan fingerprint density at radius 1 is 1.21 bits per heavy atom. The molecular weight excluding hydrogens is 441 g/mol. The summed E-state index contributed by atoms with van der Waals surface area (Å²) in [6.45, 7) is 0.260. The van der Waals surface area contributed by atoms with Crippen molar-refractivity contribution < 1.29 is 9.53 Å². The zero-order valence-electron chi connectivity index (χ0n) is 12.5. The van der Waals surface area contributed by atoms with Gasteiger partial charge in [-0.3, -0.25) is 14.8 Å². The molecule has 0 aliphatic carbocycles. The van der Waals surface area contributed by atoms with Gasteiger partial charge in [-0.15, -0.1) is 0 Å². The average molecular weight is 454 g/mol. The number of carbonyl (C=O) groups excluding carboxylic acids is 1. The lowest BCUT2D eigenvalue weighted by molar-refractivity contribution is -0.123. The number of ether oxygens (including phenoxy) is 1. The van der Waals surface area contributed by atoms with E-state index in [1.54, 1.807) is 18.5 Å². The number of hydrogen-bond acceptors (Lipinski definition) is 4. The van der Waals surface area contributed by atoms with Crippen LogP contribution in [0.4, 0.5) is 0 Å². The smallest absolute Gasteiger partial charge is 0.258 e. The van der Waals surface area contributed by atoms with Crippen LogP contribution >= 0.6 is 34.2 Å². The number of rotatable bonds is 5. The summed E-state index contributed by atoms with van der Waals surface area (Å²) in [5.74, 6) is 0.332. The molecule has 3 aromatic rings.